The summed E-state index contributed by atoms with van der Waals surface area (Å²) in [5.41, 5.74) is 11.8. The molecule has 0 fully saturated rings. The fourth-order valence-electron chi connectivity index (χ4n) is 5.98. The molecule has 9 aromatic heterocycles. The Bertz CT molecular complexity index is 2730. The van der Waals surface area contributed by atoms with Crippen LogP contribution in [0.4, 0.5) is 11.6 Å². The molecule has 0 amide bonds. The van der Waals surface area contributed by atoms with E-state index in [-0.39, 0.29) is 0 Å². The Kier molecular flexibility index (Phi) is 9.43. The number of aryl methyl sites for hydroxylation is 3. The molecule has 0 unspecified atom stereocenters. The summed E-state index contributed by atoms with van der Waals surface area (Å²) >= 11 is 5.98. The molecule has 14 heteroatoms. The largest absolute Gasteiger partial charge is 0.323 e. The number of nitrogens with one attached hydrogen (secondary N) is 1. The van der Waals surface area contributed by atoms with Crippen molar-refractivity contribution < 1.29 is 0 Å². The predicted molar refractivity (Wildman–Crippen MR) is 210 cm³/mol. The van der Waals surface area contributed by atoms with Crippen LogP contribution in [0.3, 0.4) is 0 Å². The van der Waals surface area contributed by atoms with E-state index in [0.29, 0.717) is 16.8 Å². The molecule has 1 N–H and O–H groups in total. The molecular formula is C40H32ClN13. The fraction of sp³-hybridized carbons (Fsp3) is 0.100. The van der Waals surface area contributed by atoms with E-state index in [0.717, 1.165) is 78.8 Å². The highest BCUT2D eigenvalue weighted by Crippen LogP contribution is 2.33. The summed E-state index contributed by atoms with van der Waals surface area (Å²) in [4.78, 5) is 26.5. The molecule has 0 aliphatic carbocycles. The maximum atomic E-state index is 5.98. The Labute approximate surface area is 314 Å². The molecule has 264 valence electrons. The van der Waals surface area contributed by atoms with Crippen molar-refractivity contribution in [3.05, 3.63) is 133 Å². The van der Waals surface area contributed by atoms with Gasteiger partial charge >= 0.3 is 0 Å². The zero-order valence-electron chi connectivity index (χ0n) is 29.5. The van der Waals surface area contributed by atoms with Gasteiger partial charge in [0.25, 0.3) is 0 Å². The zero-order valence-corrected chi connectivity index (χ0v) is 30.3. The summed E-state index contributed by atoms with van der Waals surface area (Å²) in [6.07, 6.45) is 17.4. The zero-order chi connectivity index (χ0) is 37.0. The fourth-order valence-corrected chi connectivity index (χ4v) is 6.13. The van der Waals surface area contributed by atoms with Crippen molar-refractivity contribution in [2.24, 2.45) is 14.1 Å². The maximum absolute atomic E-state index is 5.98. The first-order valence-corrected chi connectivity index (χ1v) is 17.4. The van der Waals surface area contributed by atoms with Crippen LogP contribution in [0, 0.1) is 0 Å². The predicted octanol–water partition coefficient (Wildman–Crippen LogP) is 7.93. The van der Waals surface area contributed by atoms with Crippen LogP contribution < -0.4 is 5.32 Å². The third kappa shape index (κ3) is 7.34. The summed E-state index contributed by atoms with van der Waals surface area (Å²) < 4.78 is 3.58. The van der Waals surface area contributed by atoms with Crippen LogP contribution in [-0.4, -0.2) is 59.7 Å². The van der Waals surface area contributed by atoms with Gasteiger partial charge in [-0.2, -0.15) is 15.3 Å². The van der Waals surface area contributed by atoms with Gasteiger partial charge in [0, 0.05) is 97.1 Å². The minimum absolute atomic E-state index is 0.454. The lowest BCUT2D eigenvalue weighted by Crippen LogP contribution is -1.99. The summed E-state index contributed by atoms with van der Waals surface area (Å²) in [5.74, 6) is 1.36. The summed E-state index contributed by atoms with van der Waals surface area (Å²) in [6, 6.07) is 21.2. The lowest BCUT2D eigenvalue weighted by atomic mass is 10.0. The molecule has 54 heavy (non-hydrogen) atoms. The highest BCUT2D eigenvalue weighted by Gasteiger charge is 2.15. The van der Waals surface area contributed by atoms with E-state index in [1.54, 1.807) is 40.2 Å². The van der Waals surface area contributed by atoms with Gasteiger partial charge in [0.2, 0.25) is 0 Å². The molecular weight excluding hydrogens is 698 g/mol. The number of nitrogens with zero attached hydrogens (tertiary/aromatic N) is 12. The monoisotopic (exact) mass is 729 g/mol. The third-order valence-corrected chi connectivity index (χ3v) is 8.78. The molecule has 0 atom stereocenters. The van der Waals surface area contributed by atoms with Gasteiger partial charge in [-0.05, 0) is 78.7 Å². The number of fused-ring (bicyclic) bond motifs is 2. The van der Waals surface area contributed by atoms with E-state index >= 15 is 0 Å². The van der Waals surface area contributed by atoms with Crippen molar-refractivity contribution in [2.75, 3.05) is 5.32 Å². The average Bonchev–Trinajstić information content (AvgIpc) is 3.80. The van der Waals surface area contributed by atoms with Crippen LogP contribution in [-0.2, 0) is 20.5 Å². The van der Waals surface area contributed by atoms with E-state index in [1.807, 2.05) is 106 Å². The first-order valence-electron chi connectivity index (χ1n) is 17.1. The topological polar surface area (TPSA) is 151 Å². The molecule has 13 nitrogen and oxygen atoms in total. The van der Waals surface area contributed by atoms with Crippen LogP contribution in [0.5, 0.6) is 0 Å². The molecule has 0 bridgehead atoms. The maximum Gasteiger partial charge on any atom is 0.154 e. The summed E-state index contributed by atoms with van der Waals surface area (Å²) in [5, 5.41) is 21.1. The number of aromatic nitrogens is 12. The van der Waals surface area contributed by atoms with Crippen LogP contribution in [0.1, 0.15) is 12.5 Å². The lowest BCUT2D eigenvalue weighted by Gasteiger charge is -2.07. The highest BCUT2D eigenvalue weighted by atomic mass is 35.5. The SMILES string of the molecule is CCc1cnnc(Nc2ccc3ncc(-c4cn(C)nc4-c4cccnc4)cc3n2)c1.Cn1cc(-c2cnc3ccc(Cl)nc3c2)c(-c2cccnc2)n1. The molecule has 0 aliphatic heterocycles. The lowest BCUT2D eigenvalue weighted by molar-refractivity contribution is 0.771. The minimum atomic E-state index is 0.454. The van der Waals surface area contributed by atoms with Gasteiger partial charge in [0.05, 0.1) is 28.3 Å². The smallest absolute Gasteiger partial charge is 0.154 e. The van der Waals surface area contributed by atoms with Crippen molar-refractivity contribution >= 4 is 45.3 Å². The average molecular weight is 730 g/mol. The first kappa shape index (κ1) is 34.1. The van der Waals surface area contributed by atoms with Crippen molar-refractivity contribution in [3.63, 3.8) is 0 Å². The van der Waals surface area contributed by atoms with E-state index in [9.17, 15) is 0 Å². The van der Waals surface area contributed by atoms with Gasteiger partial charge in [-0.3, -0.25) is 29.3 Å². The Morgan fingerprint density at radius 2 is 1.20 bits per heavy atom. The van der Waals surface area contributed by atoms with Gasteiger partial charge in [-0.1, -0.05) is 18.5 Å². The Morgan fingerprint density at radius 1 is 0.611 bits per heavy atom. The van der Waals surface area contributed by atoms with Gasteiger partial charge in [-0.15, -0.1) is 5.10 Å². The number of hydrogen-bond acceptors (Lipinski definition) is 11. The van der Waals surface area contributed by atoms with Crippen LogP contribution in [0.2, 0.25) is 5.15 Å². The molecule has 0 spiro atoms. The van der Waals surface area contributed by atoms with Gasteiger partial charge in [-0.25, -0.2) is 9.97 Å². The van der Waals surface area contributed by atoms with Crippen molar-refractivity contribution in [2.45, 2.75) is 13.3 Å². The number of pyridine rings is 6. The normalized spacial score (nSPS) is 11.0. The minimum Gasteiger partial charge on any atom is -0.323 e. The summed E-state index contributed by atoms with van der Waals surface area (Å²) in [7, 11) is 3.80. The molecule has 0 aliphatic rings. The summed E-state index contributed by atoms with van der Waals surface area (Å²) in [6.45, 7) is 2.08. The van der Waals surface area contributed by atoms with Crippen molar-refractivity contribution in [1.29, 1.82) is 0 Å². The molecule has 9 aromatic rings. The quantitative estimate of drug-likeness (QED) is 0.159. The van der Waals surface area contributed by atoms with Crippen LogP contribution in [0.15, 0.2) is 123 Å². The second-order valence-corrected chi connectivity index (χ2v) is 12.8. The second-order valence-electron chi connectivity index (χ2n) is 12.4. The Balaban J connectivity index is 0.000000160. The third-order valence-electron chi connectivity index (χ3n) is 8.57. The standard InChI is InChI=1S/C23H20N8.C17H12ClN5/c1-3-15-9-22(29-26-11-15)28-21-7-6-19-20(27-21)10-17(13-25-19)18-14-31(2)30-23(18)16-5-4-8-24-12-16;1-23-10-13(17(22-23)11-3-2-6-19-8-11)12-7-15-14(20-9-12)4-5-16(18)21-15/h4-14H,3H2,1-2H3,(H,27,28,29);2-10H,1H3. The number of anilines is 2. The molecule has 9 rings (SSSR count). The van der Waals surface area contributed by atoms with Gasteiger partial charge in [0.1, 0.15) is 22.4 Å². The van der Waals surface area contributed by atoms with Crippen LogP contribution in [0.25, 0.3) is 66.8 Å². The first-order chi connectivity index (χ1) is 26.4. The van der Waals surface area contributed by atoms with Gasteiger partial charge < -0.3 is 5.32 Å². The Hall–Kier alpha value is -6.99. The Morgan fingerprint density at radius 3 is 1.78 bits per heavy atom. The van der Waals surface area contributed by atoms with Crippen molar-refractivity contribution in [1.82, 2.24) is 59.7 Å². The second kappa shape index (κ2) is 14.9. The highest BCUT2D eigenvalue weighted by molar-refractivity contribution is 6.29. The van der Waals surface area contributed by atoms with E-state index < -0.39 is 0 Å². The van der Waals surface area contributed by atoms with E-state index in [1.165, 1.54) is 0 Å². The van der Waals surface area contributed by atoms with E-state index in [4.69, 9.17) is 16.6 Å². The molecule has 0 aromatic carbocycles. The number of halogens is 1. The molecule has 0 saturated carbocycles. The van der Waals surface area contributed by atoms with E-state index in [2.05, 4.69) is 57.6 Å². The van der Waals surface area contributed by atoms with Gasteiger partial charge in [0.15, 0.2) is 5.82 Å². The molecule has 9 heterocycles. The number of rotatable bonds is 7. The number of hydrogen-bond donors (Lipinski definition) is 1. The van der Waals surface area contributed by atoms with Crippen molar-refractivity contribution in [3.8, 4) is 44.8 Å². The van der Waals surface area contributed by atoms with Crippen LogP contribution >= 0.6 is 11.6 Å². The molecule has 0 radical (unpaired) electrons. The molecule has 0 saturated heterocycles.